The third kappa shape index (κ3) is 9.20. The fourth-order valence-corrected chi connectivity index (χ4v) is 6.39. The minimum absolute atomic E-state index is 0.0188. The summed E-state index contributed by atoms with van der Waals surface area (Å²) in [7, 11) is 1.52. The van der Waals surface area contributed by atoms with E-state index in [0.29, 0.717) is 47.0 Å². The van der Waals surface area contributed by atoms with Gasteiger partial charge in [0, 0.05) is 69.0 Å². The van der Waals surface area contributed by atoms with Gasteiger partial charge in [0.25, 0.3) is 5.91 Å². The molecular formula is C40H48ClN7O4. The highest BCUT2D eigenvalue weighted by atomic mass is 35.5. The molecule has 0 bridgehead atoms. The van der Waals surface area contributed by atoms with Gasteiger partial charge in [-0.3, -0.25) is 14.5 Å². The molecule has 3 aromatic carbocycles. The smallest absolute Gasteiger partial charge is 0.262 e. The number of aryl methyl sites for hydroxylation is 2. The molecule has 1 saturated heterocycles. The second kappa shape index (κ2) is 17.4. The number of amides is 2. The highest BCUT2D eigenvalue weighted by Gasteiger charge is 2.23. The monoisotopic (exact) mass is 725 g/mol. The molecule has 274 valence electrons. The number of piperazine rings is 1. The zero-order chi connectivity index (χ0) is 37.4. The number of carbonyl (C=O) groups is 2. The van der Waals surface area contributed by atoms with Crippen LogP contribution < -0.4 is 25.0 Å². The number of rotatable bonds is 13. The summed E-state index contributed by atoms with van der Waals surface area (Å²) in [5, 5.41) is 6.84. The Morgan fingerprint density at radius 1 is 0.981 bits per heavy atom. The van der Waals surface area contributed by atoms with Crippen molar-refractivity contribution < 1.29 is 19.1 Å². The van der Waals surface area contributed by atoms with Crippen LogP contribution in [-0.4, -0.2) is 84.0 Å². The van der Waals surface area contributed by atoms with Crippen LogP contribution in [0.1, 0.15) is 54.7 Å². The normalized spacial score (nSPS) is 13.4. The number of halogens is 1. The Balaban J connectivity index is 1.42. The summed E-state index contributed by atoms with van der Waals surface area (Å²) in [4.78, 5) is 41.9. The lowest BCUT2D eigenvalue weighted by Crippen LogP contribution is -2.49. The van der Waals surface area contributed by atoms with Crippen LogP contribution in [0, 0.1) is 13.8 Å². The van der Waals surface area contributed by atoms with E-state index in [1.54, 1.807) is 29.2 Å². The summed E-state index contributed by atoms with van der Waals surface area (Å²) < 4.78 is 12.0. The second-order valence-corrected chi connectivity index (χ2v) is 13.3. The maximum absolute atomic E-state index is 13.8. The number of para-hydroxylation sites is 1. The molecule has 0 unspecified atom stereocenters. The Labute approximate surface area is 311 Å². The van der Waals surface area contributed by atoms with Crippen molar-refractivity contribution in [3.05, 3.63) is 94.1 Å². The predicted molar refractivity (Wildman–Crippen MR) is 210 cm³/mol. The number of likely N-dealkylation sites (N-methyl/N-ethyl adjacent to an activating group) is 1. The number of hydrogen-bond donors (Lipinski definition) is 2. The first kappa shape index (κ1) is 38.1. The molecule has 1 aliphatic rings. The Bertz CT molecular complexity index is 1900. The molecule has 0 radical (unpaired) electrons. The second-order valence-electron chi connectivity index (χ2n) is 12.9. The Hall–Kier alpha value is -5.13. The fraction of sp³-hybridized carbons (Fsp3) is 0.350. The SMILES string of the molecule is CCN(CC)C(=O)/C=C/c1ccc(Oc2nc(Nc3ccc(N4CCN(C(C)C)CC4)c(Cl)c3)ncc2C(=O)Nc2c(C)cccc2C)c(OC)c1. The number of hydrogen-bond acceptors (Lipinski definition) is 9. The summed E-state index contributed by atoms with van der Waals surface area (Å²) in [5.41, 5.74) is 5.06. The molecule has 2 amide bonds. The molecule has 2 heterocycles. The van der Waals surface area contributed by atoms with Gasteiger partial charge in [-0.15, -0.1) is 0 Å². The maximum atomic E-state index is 13.8. The van der Waals surface area contributed by atoms with Crippen LogP contribution in [0.5, 0.6) is 17.4 Å². The molecule has 1 fully saturated rings. The highest BCUT2D eigenvalue weighted by Crippen LogP contribution is 2.35. The lowest BCUT2D eigenvalue weighted by Gasteiger charge is -2.38. The minimum Gasteiger partial charge on any atom is -0.493 e. The van der Waals surface area contributed by atoms with Crippen molar-refractivity contribution in [3.8, 4) is 17.4 Å². The van der Waals surface area contributed by atoms with Gasteiger partial charge in [0.2, 0.25) is 17.7 Å². The van der Waals surface area contributed by atoms with Crippen molar-refractivity contribution in [2.75, 3.05) is 61.9 Å². The average molecular weight is 726 g/mol. The summed E-state index contributed by atoms with van der Waals surface area (Å²) in [5.74, 6) is 0.433. The molecule has 1 aliphatic heterocycles. The average Bonchev–Trinajstić information content (AvgIpc) is 3.13. The van der Waals surface area contributed by atoms with E-state index in [2.05, 4.69) is 44.2 Å². The molecule has 0 spiro atoms. The summed E-state index contributed by atoms with van der Waals surface area (Å²) in [6, 6.07) is 17.4. The molecule has 2 N–H and O–H groups in total. The number of ether oxygens (including phenoxy) is 2. The summed E-state index contributed by atoms with van der Waals surface area (Å²) in [6.45, 7) is 17.2. The van der Waals surface area contributed by atoms with Gasteiger partial charge in [-0.2, -0.15) is 4.98 Å². The van der Waals surface area contributed by atoms with Gasteiger partial charge in [0.15, 0.2) is 11.5 Å². The minimum atomic E-state index is -0.433. The van der Waals surface area contributed by atoms with E-state index in [9.17, 15) is 9.59 Å². The third-order valence-electron chi connectivity index (χ3n) is 9.19. The molecule has 1 aromatic heterocycles. The molecule has 11 nitrogen and oxygen atoms in total. The first-order valence-electron chi connectivity index (χ1n) is 17.6. The van der Waals surface area contributed by atoms with Crippen LogP contribution in [0.25, 0.3) is 6.08 Å². The summed E-state index contributed by atoms with van der Waals surface area (Å²) in [6.07, 6.45) is 4.69. The number of carbonyl (C=O) groups excluding carboxylic acids is 2. The fourth-order valence-electron chi connectivity index (χ4n) is 6.09. The highest BCUT2D eigenvalue weighted by molar-refractivity contribution is 6.33. The van der Waals surface area contributed by atoms with Crippen molar-refractivity contribution in [1.82, 2.24) is 19.8 Å². The number of anilines is 4. The van der Waals surface area contributed by atoms with E-state index in [1.165, 1.54) is 19.4 Å². The Kier molecular flexibility index (Phi) is 12.7. The number of nitrogens with zero attached hydrogens (tertiary/aromatic N) is 5. The van der Waals surface area contributed by atoms with Gasteiger partial charge in [-0.25, -0.2) is 4.98 Å². The zero-order valence-corrected chi connectivity index (χ0v) is 31.8. The molecular weight excluding hydrogens is 678 g/mol. The molecule has 12 heteroatoms. The molecule has 0 atom stereocenters. The van der Waals surface area contributed by atoms with Gasteiger partial charge in [0.05, 0.1) is 17.8 Å². The van der Waals surface area contributed by atoms with Crippen LogP contribution in [0.4, 0.5) is 23.0 Å². The zero-order valence-electron chi connectivity index (χ0n) is 31.0. The van der Waals surface area contributed by atoms with Crippen LogP contribution in [0.3, 0.4) is 0 Å². The standard InChI is InChI=1S/C40H48ClN7O4/c1-8-46(9-2)36(49)18-14-29-13-17-34(35(23-29)51-7)52-39-31(38(50)44-37-27(5)11-10-12-28(37)6)25-42-40(45-39)43-30-15-16-33(32(41)24-30)48-21-19-47(20-22-48)26(3)4/h10-18,23-26H,8-9,19-22H2,1-7H3,(H,44,50)(H,42,43,45)/b18-14+. The van der Waals surface area contributed by atoms with Crippen molar-refractivity contribution in [3.63, 3.8) is 0 Å². The van der Waals surface area contributed by atoms with Crippen molar-refractivity contribution in [2.45, 2.75) is 47.6 Å². The number of methoxy groups -OCH3 is 1. The Morgan fingerprint density at radius 3 is 2.33 bits per heavy atom. The number of nitrogens with one attached hydrogen (secondary N) is 2. The van der Waals surface area contributed by atoms with Crippen molar-refractivity contribution in [1.29, 1.82) is 0 Å². The van der Waals surface area contributed by atoms with E-state index in [0.717, 1.165) is 48.6 Å². The van der Waals surface area contributed by atoms with Gasteiger partial charge in [-0.05, 0) is 94.6 Å². The first-order valence-corrected chi connectivity index (χ1v) is 18.0. The molecule has 0 saturated carbocycles. The molecule has 4 aromatic rings. The number of aromatic nitrogens is 2. The summed E-state index contributed by atoms with van der Waals surface area (Å²) >= 11 is 6.80. The van der Waals surface area contributed by atoms with E-state index in [4.69, 9.17) is 21.1 Å². The predicted octanol–water partition coefficient (Wildman–Crippen LogP) is 7.96. The van der Waals surface area contributed by atoms with Gasteiger partial charge < -0.3 is 29.9 Å². The topological polar surface area (TPSA) is 112 Å². The van der Waals surface area contributed by atoms with E-state index < -0.39 is 5.91 Å². The largest absolute Gasteiger partial charge is 0.493 e. The van der Waals surface area contributed by atoms with Crippen molar-refractivity contribution in [2.24, 2.45) is 0 Å². The first-order chi connectivity index (χ1) is 25.0. The lowest BCUT2D eigenvalue weighted by molar-refractivity contribution is -0.125. The molecule has 0 aliphatic carbocycles. The van der Waals surface area contributed by atoms with Gasteiger partial charge in [-0.1, -0.05) is 35.9 Å². The molecule has 5 rings (SSSR count). The van der Waals surface area contributed by atoms with Crippen molar-refractivity contribution >= 4 is 52.5 Å². The van der Waals surface area contributed by atoms with Gasteiger partial charge in [0.1, 0.15) is 5.56 Å². The van der Waals surface area contributed by atoms with E-state index in [-0.39, 0.29) is 23.3 Å². The van der Waals surface area contributed by atoms with Gasteiger partial charge >= 0.3 is 0 Å². The van der Waals surface area contributed by atoms with Crippen LogP contribution in [-0.2, 0) is 4.79 Å². The van der Waals surface area contributed by atoms with E-state index in [1.807, 2.05) is 64.1 Å². The van der Waals surface area contributed by atoms with E-state index >= 15 is 0 Å². The third-order valence-corrected chi connectivity index (χ3v) is 9.50. The molecule has 52 heavy (non-hydrogen) atoms. The number of benzene rings is 3. The Morgan fingerprint density at radius 2 is 1.69 bits per heavy atom. The lowest BCUT2D eigenvalue weighted by atomic mass is 10.1. The van der Waals surface area contributed by atoms with Crippen LogP contribution >= 0.6 is 11.6 Å². The quantitative estimate of drug-likeness (QED) is 0.133. The maximum Gasteiger partial charge on any atom is 0.262 e. The van der Waals surface area contributed by atoms with Crippen LogP contribution in [0.15, 0.2) is 66.9 Å². The van der Waals surface area contributed by atoms with Crippen LogP contribution in [0.2, 0.25) is 5.02 Å².